The number of esters is 1. The maximum absolute atomic E-state index is 12.7. The number of nitrogens with one attached hydrogen (secondary N) is 1. The third-order valence-electron chi connectivity index (χ3n) is 4.79. The molecular formula is C23H21N3O3S. The molecule has 0 unspecified atom stereocenters. The Kier molecular flexibility index (Phi) is 5.63. The predicted octanol–water partition coefficient (Wildman–Crippen LogP) is 5.16. The molecule has 0 saturated carbocycles. The number of benzene rings is 2. The molecule has 0 spiro atoms. The summed E-state index contributed by atoms with van der Waals surface area (Å²) in [5.41, 5.74) is 3.37. The average molecular weight is 420 g/mol. The molecule has 0 aliphatic rings. The molecule has 0 fully saturated rings. The van der Waals surface area contributed by atoms with Crippen molar-refractivity contribution in [2.24, 2.45) is 0 Å². The highest BCUT2D eigenvalue weighted by atomic mass is 32.1. The van der Waals surface area contributed by atoms with E-state index in [4.69, 9.17) is 4.74 Å². The van der Waals surface area contributed by atoms with E-state index in [0.29, 0.717) is 34.2 Å². The van der Waals surface area contributed by atoms with Crippen LogP contribution in [0.5, 0.6) is 5.75 Å². The number of fused-ring (bicyclic) bond motifs is 1. The standard InChI is InChI=1S/C23H21N3O3S/c1-14-8-9-17(18(27)12-14)26-21-19-15(2)20(30-22(19)25-13-24-21)23(28)29-11-10-16-6-4-3-5-7-16/h3-9,12-13,27H,10-11H2,1-2H3,(H,24,25,26). The van der Waals surface area contributed by atoms with Crippen molar-refractivity contribution in [3.8, 4) is 5.75 Å². The lowest BCUT2D eigenvalue weighted by Gasteiger charge is -2.09. The smallest absolute Gasteiger partial charge is 0.348 e. The molecule has 6 nitrogen and oxygen atoms in total. The number of thiophene rings is 1. The molecule has 0 saturated heterocycles. The number of aryl methyl sites for hydroxylation is 2. The number of aromatic hydroxyl groups is 1. The van der Waals surface area contributed by atoms with Gasteiger partial charge in [-0.1, -0.05) is 36.4 Å². The van der Waals surface area contributed by atoms with E-state index in [-0.39, 0.29) is 11.7 Å². The van der Waals surface area contributed by atoms with Crippen LogP contribution in [0.15, 0.2) is 54.9 Å². The Morgan fingerprint density at radius 1 is 1.13 bits per heavy atom. The summed E-state index contributed by atoms with van der Waals surface area (Å²) < 4.78 is 5.50. The maximum atomic E-state index is 12.7. The largest absolute Gasteiger partial charge is 0.506 e. The minimum atomic E-state index is -0.365. The molecule has 30 heavy (non-hydrogen) atoms. The lowest BCUT2D eigenvalue weighted by molar-refractivity contribution is 0.0514. The Labute approximate surface area is 178 Å². The van der Waals surface area contributed by atoms with E-state index in [1.54, 1.807) is 12.1 Å². The van der Waals surface area contributed by atoms with Gasteiger partial charge in [0.25, 0.3) is 0 Å². The van der Waals surface area contributed by atoms with E-state index in [0.717, 1.165) is 22.1 Å². The molecule has 2 aromatic heterocycles. The summed E-state index contributed by atoms with van der Waals surface area (Å²) in [4.78, 5) is 22.5. The van der Waals surface area contributed by atoms with E-state index in [1.807, 2.05) is 50.2 Å². The Morgan fingerprint density at radius 2 is 1.93 bits per heavy atom. The number of anilines is 2. The zero-order valence-corrected chi connectivity index (χ0v) is 17.5. The second-order valence-electron chi connectivity index (χ2n) is 6.98. The first kappa shape index (κ1) is 19.8. The van der Waals surface area contributed by atoms with Crippen LogP contribution in [0.1, 0.15) is 26.4 Å². The van der Waals surface area contributed by atoms with Gasteiger partial charge in [0.2, 0.25) is 0 Å². The van der Waals surface area contributed by atoms with E-state index < -0.39 is 0 Å². The highest BCUT2D eigenvalue weighted by Crippen LogP contribution is 2.36. The fraction of sp³-hybridized carbons (Fsp3) is 0.174. The van der Waals surface area contributed by atoms with Crippen LogP contribution < -0.4 is 5.32 Å². The number of aromatic nitrogens is 2. The fourth-order valence-corrected chi connectivity index (χ4v) is 4.25. The lowest BCUT2D eigenvalue weighted by Crippen LogP contribution is -2.07. The third kappa shape index (κ3) is 4.11. The quantitative estimate of drug-likeness (QED) is 0.332. The summed E-state index contributed by atoms with van der Waals surface area (Å²) >= 11 is 1.28. The van der Waals surface area contributed by atoms with Crippen molar-refractivity contribution in [3.05, 3.63) is 76.4 Å². The molecule has 2 aromatic carbocycles. The van der Waals surface area contributed by atoms with E-state index in [9.17, 15) is 9.90 Å². The zero-order chi connectivity index (χ0) is 21.1. The minimum absolute atomic E-state index is 0.134. The number of hydrogen-bond donors (Lipinski definition) is 2. The normalized spacial score (nSPS) is 10.9. The van der Waals surface area contributed by atoms with Gasteiger partial charge in [-0.3, -0.25) is 0 Å². The number of phenols is 1. The Morgan fingerprint density at radius 3 is 2.70 bits per heavy atom. The van der Waals surface area contributed by atoms with Crippen LogP contribution in [-0.2, 0) is 11.2 Å². The number of ether oxygens (including phenoxy) is 1. The highest BCUT2D eigenvalue weighted by molar-refractivity contribution is 7.20. The Balaban J connectivity index is 1.56. The Bertz CT molecular complexity index is 1210. The Hall–Kier alpha value is -3.45. The number of carbonyl (C=O) groups is 1. The molecule has 0 amide bonds. The van der Waals surface area contributed by atoms with Crippen molar-refractivity contribution >= 4 is 39.0 Å². The molecule has 0 aliphatic heterocycles. The van der Waals surface area contributed by atoms with Crippen molar-refractivity contribution in [2.45, 2.75) is 20.3 Å². The lowest BCUT2D eigenvalue weighted by atomic mass is 10.1. The van der Waals surface area contributed by atoms with Gasteiger partial charge in [-0.05, 0) is 42.7 Å². The van der Waals surface area contributed by atoms with Crippen LogP contribution >= 0.6 is 11.3 Å². The van der Waals surface area contributed by atoms with Crippen molar-refractivity contribution < 1.29 is 14.6 Å². The minimum Gasteiger partial charge on any atom is -0.506 e. The van der Waals surface area contributed by atoms with Crippen LogP contribution in [-0.4, -0.2) is 27.7 Å². The molecule has 2 N–H and O–H groups in total. The maximum Gasteiger partial charge on any atom is 0.348 e. The molecule has 4 aromatic rings. The first-order valence-electron chi connectivity index (χ1n) is 9.54. The number of nitrogens with zero attached hydrogens (tertiary/aromatic N) is 2. The SMILES string of the molecule is Cc1ccc(Nc2ncnc3sc(C(=O)OCCc4ccccc4)c(C)c23)c(O)c1. The van der Waals surface area contributed by atoms with Gasteiger partial charge in [-0.25, -0.2) is 14.8 Å². The van der Waals surface area contributed by atoms with Gasteiger partial charge in [-0.2, -0.15) is 0 Å². The molecule has 2 heterocycles. The summed E-state index contributed by atoms with van der Waals surface area (Å²) in [6, 6.07) is 15.3. The topological polar surface area (TPSA) is 84.3 Å². The van der Waals surface area contributed by atoms with Crippen molar-refractivity contribution in [1.29, 1.82) is 0 Å². The van der Waals surface area contributed by atoms with Crippen LogP contribution in [0, 0.1) is 13.8 Å². The molecule has 0 bridgehead atoms. The molecule has 0 aliphatic carbocycles. The van der Waals surface area contributed by atoms with E-state index in [1.165, 1.54) is 17.7 Å². The first-order valence-corrected chi connectivity index (χ1v) is 10.4. The van der Waals surface area contributed by atoms with Gasteiger partial charge in [-0.15, -0.1) is 11.3 Å². The van der Waals surface area contributed by atoms with Gasteiger partial charge in [0.05, 0.1) is 17.7 Å². The molecule has 7 heteroatoms. The number of phenolic OH excluding ortho intramolecular Hbond substituents is 1. The average Bonchev–Trinajstić information content (AvgIpc) is 3.08. The highest BCUT2D eigenvalue weighted by Gasteiger charge is 2.21. The van der Waals surface area contributed by atoms with E-state index in [2.05, 4.69) is 15.3 Å². The van der Waals surface area contributed by atoms with Crippen molar-refractivity contribution in [3.63, 3.8) is 0 Å². The summed E-state index contributed by atoms with van der Waals surface area (Å²) in [7, 11) is 0. The zero-order valence-electron chi connectivity index (χ0n) is 16.7. The molecule has 0 radical (unpaired) electrons. The van der Waals surface area contributed by atoms with Crippen LogP contribution in [0.3, 0.4) is 0 Å². The van der Waals surface area contributed by atoms with Gasteiger partial charge in [0, 0.05) is 6.42 Å². The predicted molar refractivity (Wildman–Crippen MR) is 119 cm³/mol. The van der Waals surface area contributed by atoms with Crippen LogP contribution in [0.4, 0.5) is 11.5 Å². The summed E-state index contributed by atoms with van der Waals surface area (Å²) in [6.07, 6.45) is 2.10. The van der Waals surface area contributed by atoms with Crippen LogP contribution in [0.25, 0.3) is 10.2 Å². The number of hydrogen-bond acceptors (Lipinski definition) is 7. The summed E-state index contributed by atoms with van der Waals surface area (Å²) in [5, 5.41) is 14.1. The number of rotatable bonds is 6. The van der Waals surface area contributed by atoms with Gasteiger partial charge in [0.1, 0.15) is 27.6 Å². The van der Waals surface area contributed by atoms with Gasteiger partial charge in [0.15, 0.2) is 0 Å². The summed E-state index contributed by atoms with van der Waals surface area (Å²) in [6.45, 7) is 4.08. The summed E-state index contributed by atoms with van der Waals surface area (Å²) in [5.74, 6) is 0.307. The second-order valence-corrected chi connectivity index (χ2v) is 7.97. The van der Waals surface area contributed by atoms with Gasteiger partial charge < -0.3 is 15.2 Å². The van der Waals surface area contributed by atoms with E-state index >= 15 is 0 Å². The monoisotopic (exact) mass is 419 g/mol. The number of carbonyl (C=O) groups excluding carboxylic acids is 1. The van der Waals surface area contributed by atoms with Crippen molar-refractivity contribution in [2.75, 3.05) is 11.9 Å². The molecule has 0 atom stereocenters. The third-order valence-corrected chi connectivity index (χ3v) is 5.97. The second kappa shape index (κ2) is 8.51. The first-order chi connectivity index (χ1) is 14.5. The molecule has 4 rings (SSSR count). The van der Waals surface area contributed by atoms with Gasteiger partial charge >= 0.3 is 5.97 Å². The van der Waals surface area contributed by atoms with Crippen LogP contribution in [0.2, 0.25) is 0 Å². The fourth-order valence-electron chi connectivity index (χ4n) is 3.21. The molecule has 152 valence electrons. The van der Waals surface area contributed by atoms with Crippen molar-refractivity contribution in [1.82, 2.24) is 9.97 Å². The molecular weight excluding hydrogens is 398 g/mol.